The minimum Gasteiger partial charge on any atom is -0.308 e. The zero-order valence-electron chi connectivity index (χ0n) is 12.2. The van der Waals surface area contributed by atoms with Gasteiger partial charge in [0.2, 0.25) is 0 Å². The molecule has 0 unspecified atom stereocenters. The molecule has 0 saturated carbocycles. The van der Waals surface area contributed by atoms with Crippen molar-refractivity contribution in [1.29, 1.82) is 0 Å². The van der Waals surface area contributed by atoms with Gasteiger partial charge >= 0.3 is 6.03 Å². The summed E-state index contributed by atoms with van der Waals surface area (Å²) >= 11 is 0. The van der Waals surface area contributed by atoms with Gasteiger partial charge in [0.15, 0.2) is 5.78 Å². The number of carbonyl (C=O) groups excluding carboxylic acids is 2. The third-order valence-corrected chi connectivity index (χ3v) is 3.15. The van der Waals surface area contributed by atoms with Crippen LogP contribution >= 0.6 is 0 Å². The van der Waals surface area contributed by atoms with Crippen molar-refractivity contribution in [1.82, 2.24) is 0 Å². The summed E-state index contributed by atoms with van der Waals surface area (Å²) in [6.07, 6.45) is 0. The third-order valence-electron chi connectivity index (χ3n) is 3.15. The maximum absolute atomic E-state index is 12.4. The van der Waals surface area contributed by atoms with Gasteiger partial charge in [-0.3, -0.25) is 9.69 Å². The molecule has 0 heterocycles. The second-order valence-corrected chi connectivity index (χ2v) is 4.65. The molecule has 108 valence electrons. The fourth-order valence-electron chi connectivity index (χ4n) is 2.06. The van der Waals surface area contributed by atoms with E-state index in [1.54, 1.807) is 29.2 Å². The summed E-state index contributed by atoms with van der Waals surface area (Å²) in [5.41, 5.74) is 2.03. The lowest BCUT2D eigenvalue weighted by atomic mass is 10.1. The average Bonchev–Trinajstić information content (AvgIpc) is 2.49. The van der Waals surface area contributed by atoms with Crippen molar-refractivity contribution in [3.63, 3.8) is 0 Å². The maximum Gasteiger partial charge on any atom is 0.326 e. The van der Waals surface area contributed by atoms with Gasteiger partial charge in [0.1, 0.15) is 0 Å². The molecule has 4 heteroatoms. The quantitative estimate of drug-likeness (QED) is 0.863. The van der Waals surface area contributed by atoms with Crippen molar-refractivity contribution >= 4 is 23.2 Å². The standard InChI is InChI=1S/C17H18N2O2/c1-3-19(16-10-5-4-6-11-16)17(21)18-15-9-7-8-14(12-15)13(2)20/h4-12H,3H2,1-2H3,(H,18,21). The monoisotopic (exact) mass is 282 g/mol. The van der Waals surface area contributed by atoms with Crippen molar-refractivity contribution in [2.45, 2.75) is 13.8 Å². The van der Waals surface area contributed by atoms with E-state index in [0.29, 0.717) is 17.8 Å². The summed E-state index contributed by atoms with van der Waals surface area (Å²) in [5.74, 6) is -0.0264. The Balaban J connectivity index is 2.16. The average molecular weight is 282 g/mol. The predicted molar refractivity (Wildman–Crippen MR) is 84.9 cm³/mol. The highest BCUT2D eigenvalue weighted by atomic mass is 16.2. The van der Waals surface area contributed by atoms with Crippen LogP contribution in [0.3, 0.4) is 0 Å². The molecule has 0 aliphatic rings. The fraction of sp³-hybridized carbons (Fsp3) is 0.176. The summed E-state index contributed by atoms with van der Waals surface area (Å²) < 4.78 is 0. The van der Waals surface area contributed by atoms with Crippen LogP contribution < -0.4 is 10.2 Å². The van der Waals surface area contributed by atoms with Gasteiger partial charge in [-0.25, -0.2) is 4.79 Å². The van der Waals surface area contributed by atoms with E-state index in [2.05, 4.69) is 5.32 Å². The van der Waals surface area contributed by atoms with Gasteiger partial charge in [-0.15, -0.1) is 0 Å². The molecule has 1 N–H and O–H groups in total. The second kappa shape index (κ2) is 6.70. The van der Waals surface area contributed by atoms with E-state index in [9.17, 15) is 9.59 Å². The Hall–Kier alpha value is -2.62. The fourth-order valence-corrected chi connectivity index (χ4v) is 2.06. The minimum absolute atomic E-state index is 0.0264. The lowest BCUT2D eigenvalue weighted by Crippen LogP contribution is -2.34. The van der Waals surface area contributed by atoms with Gasteiger partial charge in [-0.05, 0) is 38.1 Å². The van der Waals surface area contributed by atoms with Crippen molar-refractivity contribution in [2.24, 2.45) is 0 Å². The van der Waals surface area contributed by atoms with Crippen LogP contribution in [-0.2, 0) is 0 Å². The highest BCUT2D eigenvalue weighted by Gasteiger charge is 2.13. The first-order valence-corrected chi connectivity index (χ1v) is 6.86. The molecule has 2 aromatic rings. The van der Waals surface area contributed by atoms with Gasteiger partial charge in [-0.2, -0.15) is 0 Å². The van der Waals surface area contributed by atoms with Gasteiger partial charge < -0.3 is 5.32 Å². The van der Waals surface area contributed by atoms with Gasteiger partial charge in [0, 0.05) is 23.5 Å². The molecule has 2 rings (SSSR count). The summed E-state index contributed by atoms with van der Waals surface area (Å²) in [4.78, 5) is 25.4. The third kappa shape index (κ3) is 3.69. The second-order valence-electron chi connectivity index (χ2n) is 4.65. The number of carbonyl (C=O) groups is 2. The van der Waals surface area contributed by atoms with E-state index in [1.165, 1.54) is 6.92 Å². The topological polar surface area (TPSA) is 49.4 Å². The van der Waals surface area contributed by atoms with Crippen molar-refractivity contribution in [2.75, 3.05) is 16.8 Å². The van der Waals surface area contributed by atoms with E-state index in [0.717, 1.165) is 5.69 Å². The Labute approximate surface area is 124 Å². The summed E-state index contributed by atoms with van der Waals surface area (Å²) in [5, 5.41) is 2.82. The number of para-hydroxylation sites is 1. The van der Waals surface area contributed by atoms with Crippen molar-refractivity contribution in [3.05, 3.63) is 60.2 Å². The Kier molecular flexibility index (Phi) is 4.72. The van der Waals surface area contributed by atoms with Crippen LogP contribution in [-0.4, -0.2) is 18.4 Å². The van der Waals surface area contributed by atoms with Gasteiger partial charge in [0.25, 0.3) is 0 Å². The lowest BCUT2D eigenvalue weighted by Gasteiger charge is -2.21. The number of hydrogen-bond acceptors (Lipinski definition) is 2. The van der Waals surface area contributed by atoms with Crippen LogP contribution in [0.1, 0.15) is 24.2 Å². The zero-order chi connectivity index (χ0) is 15.2. The molecule has 0 atom stereocenters. The Morgan fingerprint density at radius 1 is 1.05 bits per heavy atom. The molecule has 0 fully saturated rings. The molecule has 0 aromatic heterocycles. The van der Waals surface area contributed by atoms with Crippen LogP contribution in [0.15, 0.2) is 54.6 Å². The van der Waals surface area contributed by atoms with Gasteiger partial charge in [-0.1, -0.05) is 30.3 Å². The number of Topliss-reactive ketones (excluding diaryl/α,β-unsaturated/α-hetero) is 1. The van der Waals surface area contributed by atoms with Crippen molar-refractivity contribution in [3.8, 4) is 0 Å². The zero-order valence-corrected chi connectivity index (χ0v) is 12.2. The number of amides is 2. The highest BCUT2D eigenvalue weighted by Crippen LogP contribution is 2.16. The summed E-state index contributed by atoms with van der Waals surface area (Å²) in [7, 11) is 0. The molecule has 4 nitrogen and oxygen atoms in total. The molecule has 0 saturated heterocycles. The smallest absolute Gasteiger partial charge is 0.308 e. The van der Waals surface area contributed by atoms with Crippen LogP contribution in [0.25, 0.3) is 0 Å². The first-order valence-electron chi connectivity index (χ1n) is 6.86. The first kappa shape index (κ1) is 14.8. The maximum atomic E-state index is 12.4. The molecular weight excluding hydrogens is 264 g/mol. The minimum atomic E-state index is -0.218. The van der Waals surface area contributed by atoms with E-state index < -0.39 is 0 Å². The number of hydrogen-bond donors (Lipinski definition) is 1. The Morgan fingerprint density at radius 3 is 2.38 bits per heavy atom. The van der Waals surface area contributed by atoms with E-state index >= 15 is 0 Å². The van der Waals surface area contributed by atoms with Crippen molar-refractivity contribution < 1.29 is 9.59 Å². The van der Waals surface area contributed by atoms with Crippen LogP contribution in [0.5, 0.6) is 0 Å². The number of benzene rings is 2. The highest BCUT2D eigenvalue weighted by molar-refractivity contribution is 6.02. The predicted octanol–water partition coefficient (Wildman–Crippen LogP) is 3.95. The molecule has 0 aliphatic heterocycles. The summed E-state index contributed by atoms with van der Waals surface area (Å²) in [6, 6.07) is 16.2. The van der Waals surface area contributed by atoms with E-state index in [1.807, 2.05) is 37.3 Å². The van der Waals surface area contributed by atoms with Crippen LogP contribution in [0.2, 0.25) is 0 Å². The normalized spacial score (nSPS) is 10.0. The first-order chi connectivity index (χ1) is 10.1. The lowest BCUT2D eigenvalue weighted by molar-refractivity contribution is 0.101. The summed E-state index contributed by atoms with van der Waals surface area (Å²) in [6.45, 7) is 3.98. The van der Waals surface area contributed by atoms with Gasteiger partial charge in [0.05, 0.1) is 0 Å². The van der Waals surface area contributed by atoms with E-state index in [-0.39, 0.29) is 11.8 Å². The number of anilines is 2. The SMILES string of the molecule is CCN(C(=O)Nc1cccc(C(C)=O)c1)c1ccccc1. The number of rotatable bonds is 4. The number of nitrogens with one attached hydrogen (secondary N) is 1. The Bertz CT molecular complexity index is 638. The molecule has 2 aromatic carbocycles. The number of nitrogens with zero attached hydrogens (tertiary/aromatic N) is 1. The Morgan fingerprint density at radius 2 is 1.76 bits per heavy atom. The van der Waals surface area contributed by atoms with E-state index in [4.69, 9.17) is 0 Å². The molecule has 2 amide bonds. The molecule has 0 aliphatic carbocycles. The molecule has 0 bridgehead atoms. The molecule has 0 spiro atoms. The molecule has 21 heavy (non-hydrogen) atoms. The number of urea groups is 1. The molecule has 0 radical (unpaired) electrons. The molecular formula is C17H18N2O2. The number of ketones is 1. The van der Waals surface area contributed by atoms with Crippen LogP contribution in [0.4, 0.5) is 16.2 Å². The largest absolute Gasteiger partial charge is 0.326 e. The van der Waals surface area contributed by atoms with Crippen LogP contribution in [0, 0.1) is 0 Å².